The topological polar surface area (TPSA) is 23.5 Å². The summed E-state index contributed by atoms with van der Waals surface area (Å²) in [4.78, 5) is 2.05. The number of hydrogen-bond donors (Lipinski definition) is 1. The van der Waals surface area contributed by atoms with Gasteiger partial charge in [-0.25, -0.2) is 4.39 Å². The lowest BCUT2D eigenvalue weighted by Crippen LogP contribution is -2.40. The summed E-state index contributed by atoms with van der Waals surface area (Å²) in [5.41, 5.74) is 1.43. The van der Waals surface area contributed by atoms with Crippen molar-refractivity contribution in [2.45, 2.75) is 19.4 Å². The normalized spacial score (nSPS) is 16.0. The molecule has 2 unspecified atom stereocenters. The molecule has 0 saturated heterocycles. The van der Waals surface area contributed by atoms with E-state index in [9.17, 15) is 9.50 Å². The van der Waals surface area contributed by atoms with Crippen molar-refractivity contribution in [3.8, 4) is 0 Å². The van der Waals surface area contributed by atoms with Crippen molar-refractivity contribution >= 4 is 6.08 Å². The maximum Gasteiger partial charge on any atom is 0.123 e. The zero-order valence-corrected chi connectivity index (χ0v) is 14.8. The molecule has 0 aliphatic rings. The lowest BCUT2D eigenvalue weighted by Gasteiger charge is -2.37. The molecule has 0 amide bonds. The van der Waals surface area contributed by atoms with Crippen LogP contribution in [0.25, 0.3) is 6.08 Å². The van der Waals surface area contributed by atoms with Crippen molar-refractivity contribution in [3.05, 3.63) is 77.1 Å². The summed E-state index contributed by atoms with van der Waals surface area (Å²) in [6.07, 6.45) is 2.00. The molecule has 0 aliphatic heterocycles. The summed E-state index contributed by atoms with van der Waals surface area (Å²) < 4.78 is 13.3. The molecule has 0 bridgehead atoms. The van der Waals surface area contributed by atoms with Crippen LogP contribution in [0.1, 0.15) is 25.0 Å². The van der Waals surface area contributed by atoms with E-state index in [2.05, 4.69) is 4.90 Å². The van der Waals surface area contributed by atoms with Crippen LogP contribution in [-0.4, -0.2) is 30.6 Å². The van der Waals surface area contributed by atoms with Crippen LogP contribution >= 0.6 is 0 Å². The van der Waals surface area contributed by atoms with Gasteiger partial charge in [0.25, 0.3) is 0 Å². The van der Waals surface area contributed by atoms with E-state index in [1.165, 1.54) is 12.1 Å². The van der Waals surface area contributed by atoms with Gasteiger partial charge in [0.15, 0.2) is 0 Å². The van der Waals surface area contributed by atoms with Crippen molar-refractivity contribution in [3.63, 3.8) is 0 Å². The van der Waals surface area contributed by atoms with Crippen LogP contribution in [0.15, 0.2) is 60.2 Å². The molecule has 0 heterocycles. The number of rotatable bonds is 6. The summed E-state index contributed by atoms with van der Waals surface area (Å²) in [7, 11) is 3.97. The average Bonchev–Trinajstić information content (AvgIpc) is 2.55. The minimum atomic E-state index is -1.16. The molecule has 0 fully saturated rings. The zero-order chi connectivity index (χ0) is 17.7. The quantitative estimate of drug-likeness (QED) is 0.854. The smallest absolute Gasteiger partial charge is 0.123 e. The number of aliphatic hydroxyl groups is 1. The van der Waals surface area contributed by atoms with Crippen molar-refractivity contribution < 1.29 is 9.50 Å². The Kier molecular flexibility index (Phi) is 5.92. The van der Waals surface area contributed by atoms with Gasteiger partial charge in [-0.1, -0.05) is 55.5 Å². The predicted octanol–water partition coefficient (Wildman–Crippen LogP) is 4.31. The average molecular weight is 327 g/mol. The Morgan fingerprint density at radius 2 is 1.71 bits per heavy atom. The lowest BCUT2D eigenvalue weighted by atomic mass is 9.76. The number of benzene rings is 2. The highest BCUT2D eigenvalue weighted by Gasteiger charge is 2.37. The number of halogens is 1. The van der Waals surface area contributed by atoms with E-state index in [1.807, 2.05) is 64.4 Å². The van der Waals surface area contributed by atoms with Gasteiger partial charge in [-0.3, -0.25) is 0 Å². The van der Waals surface area contributed by atoms with Crippen LogP contribution in [0.3, 0.4) is 0 Å². The summed E-state index contributed by atoms with van der Waals surface area (Å²) >= 11 is 0. The Bertz CT molecular complexity index is 679. The van der Waals surface area contributed by atoms with Crippen molar-refractivity contribution in [2.24, 2.45) is 5.92 Å². The Balaban J connectivity index is 2.49. The van der Waals surface area contributed by atoms with Gasteiger partial charge < -0.3 is 10.0 Å². The second-order valence-corrected chi connectivity index (χ2v) is 6.67. The molecule has 2 aromatic carbocycles. The molecule has 24 heavy (non-hydrogen) atoms. The highest BCUT2D eigenvalue weighted by atomic mass is 19.1. The fraction of sp³-hybridized carbons (Fsp3) is 0.333. The largest absolute Gasteiger partial charge is 0.380 e. The third kappa shape index (κ3) is 4.11. The van der Waals surface area contributed by atoms with E-state index < -0.39 is 5.60 Å². The molecule has 0 aromatic heterocycles. The highest BCUT2D eigenvalue weighted by molar-refractivity contribution is 5.56. The lowest BCUT2D eigenvalue weighted by molar-refractivity contribution is 0.0105. The Morgan fingerprint density at radius 3 is 2.25 bits per heavy atom. The Labute approximate surface area is 144 Å². The van der Waals surface area contributed by atoms with Crippen molar-refractivity contribution in [1.82, 2.24) is 4.90 Å². The van der Waals surface area contributed by atoms with Gasteiger partial charge >= 0.3 is 0 Å². The third-order valence-corrected chi connectivity index (χ3v) is 4.42. The molecule has 3 heteroatoms. The maximum atomic E-state index is 13.3. The molecule has 0 aliphatic carbocycles. The first-order valence-corrected chi connectivity index (χ1v) is 8.21. The van der Waals surface area contributed by atoms with Gasteiger partial charge in [0.2, 0.25) is 0 Å². The molecular formula is C21H26FNO. The first-order valence-electron chi connectivity index (χ1n) is 8.21. The first-order chi connectivity index (χ1) is 11.3. The van der Waals surface area contributed by atoms with Gasteiger partial charge in [-0.05, 0) is 49.9 Å². The molecule has 128 valence electrons. The van der Waals surface area contributed by atoms with Crippen molar-refractivity contribution in [1.29, 1.82) is 0 Å². The first kappa shape index (κ1) is 18.4. The molecular weight excluding hydrogens is 301 g/mol. The number of nitrogens with zero attached hydrogens (tertiary/aromatic N) is 1. The minimum Gasteiger partial charge on any atom is -0.380 e. The predicted molar refractivity (Wildman–Crippen MR) is 98.1 cm³/mol. The SMILES string of the molecule is C/C(=C/c1ccccc1)C(O)(c1ccc(F)cc1)C(C)CN(C)C. The van der Waals surface area contributed by atoms with Gasteiger partial charge in [0.05, 0.1) is 0 Å². The van der Waals surface area contributed by atoms with E-state index in [0.717, 1.165) is 11.1 Å². The second kappa shape index (κ2) is 7.73. The summed E-state index contributed by atoms with van der Waals surface area (Å²) in [6.45, 7) is 4.67. The molecule has 2 rings (SSSR count). The van der Waals surface area contributed by atoms with Crippen LogP contribution in [0, 0.1) is 11.7 Å². The van der Waals surface area contributed by atoms with Crippen molar-refractivity contribution in [2.75, 3.05) is 20.6 Å². The van der Waals surface area contributed by atoms with Gasteiger partial charge in [-0.2, -0.15) is 0 Å². The van der Waals surface area contributed by atoms with Crippen LogP contribution < -0.4 is 0 Å². The fourth-order valence-corrected chi connectivity index (χ4v) is 3.19. The van der Waals surface area contributed by atoms with E-state index in [1.54, 1.807) is 12.1 Å². The van der Waals surface area contributed by atoms with E-state index in [4.69, 9.17) is 0 Å². The van der Waals surface area contributed by atoms with Gasteiger partial charge in [0.1, 0.15) is 11.4 Å². The Morgan fingerprint density at radius 1 is 1.12 bits per heavy atom. The van der Waals surface area contributed by atoms with Gasteiger partial charge in [-0.15, -0.1) is 0 Å². The molecule has 0 spiro atoms. The van der Waals surface area contributed by atoms with Gasteiger partial charge in [0, 0.05) is 12.5 Å². The molecule has 2 nitrogen and oxygen atoms in total. The van der Waals surface area contributed by atoms with Crippen LogP contribution in [0.5, 0.6) is 0 Å². The molecule has 2 aromatic rings. The number of hydrogen-bond acceptors (Lipinski definition) is 2. The summed E-state index contributed by atoms with van der Waals surface area (Å²) in [6, 6.07) is 16.1. The van der Waals surface area contributed by atoms with E-state index in [-0.39, 0.29) is 11.7 Å². The zero-order valence-electron chi connectivity index (χ0n) is 14.8. The van der Waals surface area contributed by atoms with E-state index >= 15 is 0 Å². The second-order valence-electron chi connectivity index (χ2n) is 6.67. The standard InChI is InChI=1S/C21H26FNO/c1-16(14-18-8-6-5-7-9-18)21(24,17(2)15-23(3)4)19-10-12-20(22)13-11-19/h5-14,17,24H,15H2,1-4H3/b16-14-. The minimum absolute atomic E-state index is 0.0575. The molecule has 1 N–H and O–H groups in total. The fourth-order valence-electron chi connectivity index (χ4n) is 3.19. The molecule has 2 atom stereocenters. The van der Waals surface area contributed by atoms with Crippen LogP contribution in [-0.2, 0) is 5.60 Å². The molecule has 0 radical (unpaired) electrons. The Hall–Kier alpha value is -1.97. The molecule has 0 saturated carbocycles. The monoisotopic (exact) mass is 327 g/mol. The van der Waals surface area contributed by atoms with Crippen LogP contribution in [0.2, 0.25) is 0 Å². The van der Waals surface area contributed by atoms with Crippen LogP contribution in [0.4, 0.5) is 4.39 Å². The third-order valence-electron chi connectivity index (χ3n) is 4.42. The summed E-state index contributed by atoms with van der Waals surface area (Å²) in [5.74, 6) is -0.357. The van der Waals surface area contributed by atoms with E-state index in [0.29, 0.717) is 12.1 Å². The highest BCUT2D eigenvalue weighted by Crippen LogP contribution is 2.38. The summed E-state index contributed by atoms with van der Waals surface area (Å²) in [5, 5.41) is 11.6. The maximum absolute atomic E-state index is 13.3.